The molecule has 0 aliphatic carbocycles. The number of aliphatic imine (C=N–C) groups is 2. The fraction of sp³-hybridized carbons (Fsp3) is 0.389. The van der Waals surface area contributed by atoms with Gasteiger partial charge in [-0.15, -0.1) is 6.58 Å². The topological polar surface area (TPSA) is 40.9 Å². The highest BCUT2D eigenvalue weighted by atomic mass is 15.2. The number of aromatic nitrogens is 1. The minimum atomic E-state index is 0.874. The average molecular weight is 298 g/mol. The second-order valence-corrected chi connectivity index (χ2v) is 5.08. The summed E-state index contributed by atoms with van der Waals surface area (Å²) in [7, 11) is 1.75. The van der Waals surface area contributed by atoms with Gasteiger partial charge in [-0.05, 0) is 45.4 Å². The highest BCUT2D eigenvalue weighted by Gasteiger charge is 2.06. The summed E-state index contributed by atoms with van der Waals surface area (Å²) < 4.78 is 0. The lowest BCUT2D eigenvalue weighted by Gasteiger charge is -2.21. The Kier molecular flexibility index (Phi) is 7.83. The van der Waals surface area contributed by atoms with Crippen molar-refractivity contribution < 1.29 is 0 Å². The van der Waals surface area contributed by atoms with Crippen LogP contribution >= 0.6 is 0 Å². The van der Waals surface area contributed by atoms with Crippen molar-refractivity contribution in [3.63, 3.8) is 0 Å². The van der Waals surface area contributed by atoms with Crippen molar-refractivity contribution in [3.8, 4) is 0 Å². The van der Waals surface area contributed by atoms with E-state index in [9.17, 15) is 0 Å². The second kappa shape index (κ2) is 9.66. The van der Waals surface area contributed by atoms with E-state index in [0.29, 0.717) is 0 Å². The van der Waals surface area contributed by atoms with Gasteiger partial charge >= 0.3 is 0 Å². The van der Waals surface area contributed by atoms with E-state index in [1.807, 2.05) is 38.3 Å². The molecule has 0 aliphatic rings. The molecule has 1 aromatic heterocycles. The molecular formula is C18H26N4. The van der Waals surface area contributed by atoms with Gasteiger partial charge in [0.15, 0.2) is 0 Å². The van der Waals surface area contributed by atoms with E-state index in [2.05, 4.69) is 39.4 Å². The summed E-state index contributed by atoms with van der Waals surface area (Å²) in [6.07, 6.45) is 8.40. The molecule has 0 radical (unpaired) electrons. The van der Waals surface area contributed by atoms with Gasteiger partial charge in [0.05, 0.1) is 5.70 Å². The molecule has 4 nitrogen and oxygen atoms in total. The molecule has 1 heterocycles. The summed E-state index contributed by atoms with van der Waals surface area (Å²) in [6, 6.07) is 4.10. The van der Waals surface area contributed by atoms with Crippen molar-refractivity contribution in [1.29, 1.82) is 0 Å². The molecule has 1 aromatic rings. The van der Waals surface area contributed by atoms with E-state index >= 15 is 0 Å². The SMILES string of the molecule is C=CCCN(CC)c1ccc(/C(=C/C=N\C)N=C(C)C)cn1. The predicted octanol–water partition coefficient (Wildman–Crippen LogP) is 4.01. The zero-order valence-corrected chi connectivity index (χ0v) is 14.1. The molecule has 0 saturated carbocycles. The molecule has 4 heteroatoms. The summed E-state index contributed by atoms with van der Waals surface area (Å²) in [6.45, 7) is 11.7. The van der Waals surface area contributed by atoms with Crippen LogP contribution in [0.4, 0.5) is 5.82 Å². The van der Waals surface area contributed by atoms with Gasteiger partial charge in [0.2, 0.25) is 0 Å². The minimum Gasteiger partial charge on any atom is -0.357 e. The molecular weight excluding hydrogens is 272 g/mol. The zero-order chi connectivity index (χ0) is 16.4. The Labute approximate surface area is 134 Å². The number of allylic oxidation sites excluding steroid dienone is 1. The maximum absolute atomic E-state index is 4.58. The first kappa shape index (κ1) is 17.8. The largest absolute Gasteiger partial charge is 0.357 e. The molecule has 0 N–H and O–H groups in total. The van der Waals surface area contributed by atoms with E-state index in [0.717, 1.165) is 42.3 Å². The first-order valence-corrected chi connectivity index (χ1v) is 7.59. The van der Waals surface area contributed by atoms with Crippen LogP contribution < -0.4 is 4.90 Å². The summed E-state index contributed by atoms with van der Waals surface area (Å²) in [5.74, 6) is 0.980. The van der Waals surface area contributed by atoms with E-state index < -0.39 is 0 Å². The summed E-state index contributed by atoms with van der Waals surface area (Å²) in [5.41, 5.74) is 2.87. The fourth-order valence-corrected chi connectivity index (χ4v) is 1.99. The van der Waals surface area contributed by atoms with Crippen molar-refractivity contribution >= 4 is 23.4 Å². The molecule has 0 aliphatic heterocycles. The van der Waals surface area contributed by atoms with Crippen LogP contribution in [0.15, 0.2) is 47.0 Å². The van der Waals surface area contributed by atoms with Gasteiger partial charge in [0.1, 0.15) is 5.82 Å². The Morgan fingerprint density at radius 2 is 2.14 bits per heavy atom. The van der Waals surface area contributed by atoms with E-state index in [1.54, 1.807) is 13.3 Å². The molecule has 0 aromatic carbocycles. The van der Waals surface area contributed by atoms with Crippen LogP contribution in [-0.4, -0.2) is 37.0 Å². The molecule has 0 spiro atoms. The zero-order valence-electron chi connectivity index (χ0n) is 14.1. The van der Waals surface area contributed by atoms with Crippen molar-refractivity contribution in [2.75, 3.05) is 25.0 Å². The molecule has 0 fully saturated rings. The number of hydrogen-bond donors (Lipinski definition) is 0. The van der Waals surface area contributed by atoms with E-state index in [4.69, 9.17) is 0 Å². The van der Waals surface area contributed by atoms with Crippen molar-refractivity contribution in [3.05, 3.63) is 42.6 Å². The molecule has 0 unspecified atom stereocenters. The van der Waals surface area contributed by atoms with Crippen molar-refractivity contribution in [2.45, 2.75) is 27.2 Å². The van der Waals surface area contributed by atoms with Crippen molar-refractivity contribution in [1.82, 2.24) is 4.98 Å². The van der Waals surface area contributed by atoms with Crippen LogP contribution in [0.25, 0.3) is 5.70 Å². The van der Waals surface area contributed by atoms with Crippen LogP contribution in [0, 0.1) is 0 Å². The maximum Gasteiger partial charge on any atom is 0.128 e. The van der Waals surface area contributed by atoms with Gasteiger partial charge in [-0.3, -0.25) is 9.98 Å². The standard InChI is InChI=1S/C18H26N4/c1-6-8-13-22(7-2)18-10-9-16(14-20-18)17(11-12-19-5)21-15(3)4/h6,9-12,14H,1,7-8,13H2,2-5H3/b17-11-,19-12-. The van der Waals surface area contributed by atoms with Crippen LogP contribution in [0.1, 0.15) is 32.8 Å². The highest BCUT2D eigenvalue weighted by Crippen LogP contribution is 2.18. The van der Waals surface area contributed by atoms with Gasteiger partial charge < -0.3 is 4.90 Å². The highest BCUT2D eigenvalue weighted by molar-refractivity contribution is 5.91. The smallest absolute Gasteiger partial charge is 0.128 e. The number of anilines is 1. The predicted molar refractivity (Wildman–Crippen MR) is 98.1 cm³/mol. The third-order valence-electron chi connectivity index (χ3n) is 3.08. The first-order chi connectivity index (χ1) is 10.6. The monoisotopic (exact) mass is 298 g/mol. The third-order valence-corrected chi connectivity index (χ3v) is 3.08. The molecule has 0 atom stereocenters. The maximum atomic E-state index is 4.58. The quantitative estimate of drug-likeness (QED) is 0.537. The Hall–Kier alpha value is -2.23. The Morgan fingerprint density at radius 1 is 1.36 bits per heavy atom. The lowest BCUT2D eigenvalue weighted by molar-refractivity contribution is 0.807. The molecule has 0 saturated heterocycles. The Bertz CT molecular complexity index is 549. The van der Waals surface area contributed by atoms with Gasteiger partial charge in [-0.1, -0.05) is 6.08 Å². The number of nitrogens with zero attached hydrogens (tertiary/aromatic N) is 4. The van der Waals surface area contributed by atoms with Gasteiger partial charge in [0, 0.05) is 43.8 Å². The van der Waals surface area contributed by atoms with Crippen LogP contribution in [0.5, 0.6) is 0 Å². The molecule has 118 valence electrons. The van der Waals surface area contributed by atoms with Gasteiger partial charge in [-0.25, -0.2) is 4.98 Å². The lowest BCUT2D eigenvalue weighted by Crippen LogP contribution is -2.24. The van der Waals surface area contributed by atoms with Crippen LogP contribution in [0.2, 0.25) is 0 Å². The van der Waals surface area contributed by atoms with Gasteiger partial charge in [-0.2, -0.15) is 0 Å². The first-order valence-electron chi connectivity index (χ1n) is 7.59. The van der Waals surface area contributed by atoms with E-state index in [-0.39, 0.29) is 0 Å². The normalized spacial score (nSPS) is 11.5. The van der Waals surface area contributed by atoms with E-state index in [1.165, 1.54) is 0 Å². The molecule has 1 rings (SSSR count). The average Bonchev–Trinajstić information content (AvgIpc) is 2.52. The Morgan fingerprint density at radius 3 is 2.64 bits per heavy atom. The number of pyridine rings is 1. The Balaban J connectivity index is 3.02. The molecule has 0 bridgehead atoms. The minimum absolute atomic E-state index is 0.874. The fourth-order valence-electron chi connectivity index (χ4n) is 1.99. The third kappa shape index (κ3) is 5.64. The van der Waals surface area contributed by atoms with Gasteiger partial charge in [0.25, 0.3) is 0 Å². The summed E-state index contributed by atoms with van der Waals surface area (Å²) in [4.78, 5) is 15.3. The second-order valence-electron chi connectivity index (χ2n) is 5.08. The number of rotatable bonds is 8. The summed E-state index contributed by atoms with van der Waals surface area (Å²) in [5, 5.41) is 0. The van der Waals surface area contributed by atoms with Crippen molar-refractivity contribution in [2.24, 2.45) is 9.98 Å². The van der Waals surface area contributed by atoms with Crippen LogP contribution in [-0.2, 0) is 0 Å². The van der Waals surface area contributed by atoms with Crippen LogP contribution in [0.3, 0.4) is 0 Å². The lowest BCUT2D eigenvalue weighted by atomic mass is 10.2. The molecule has 0 amide bonds. The summed E-state index contributed by atoms with van der Waals surface area (Å²) >= 11 is 0. The molecule has 22 heavy (non-hydrogen) atoms. The number of hydrogen-bond acceptors (Lipinski definition) is 4.